The number of ketones is 1. The third-order valence-corrected chi connectivity index (χ3v) is 4.02. The van der Waals surface area contributed by atoms with Crippen molar-refractivity contribution in [2.24, 2.45) is 11.8 Å². The SMILES string of the molecule is CC(=O)c1cccc(NC(=O)[C@@H]2[C@H](C(=O)O)[C@H]3C=C[C@H]2O3)c1. The predicted molar refractivity (Wildman–Crippen MR) is 77.5 cm³/mol. The van der Waals surface area contributed by atoms with Gasteiger partial charge in [0.1, 0.15) is 5.92 Å². The summed E-state index contributed by atoms with van der Waals surface area (Å²) in [4.78, 5) is 35.2. The molecule has 0 aromatic heterocycles. The Labute approximate surface area is 126 Å². The molecule has 4 atom stereocenters. The van der Waals surface area contributed by atoms with E-state index in [1.54, 1.807) is 36.4 Å². The van der Waals surface area contributed by atoms with Crippen LogP contribution in [0, 0.1) is 11.8 Å². The number of carbonyl (C=O) groups is 3. The molecule has 6 nitrogen and oxygen atoms in total. The van der Waals surface area contributed by atoms with Gasteiger partial charge in [-0.2, -0.15) is 0 Å². The second-order valence-corrected chi connectivity index (χ2v) is 5.47. The lowest BCUT2D eigenvalue weighted by Gasteiger charge is -2.21. The van der Waals surface area contributed by atoms with E-state index >= 15 is 0 Å². The molecule has 2 heterocycles. The number of fused-ring (bicyclic) bond motifs is 2. The van der Waals surface area contributed by atoms with E-state index in [4.69, 9.17) is 4.74 Å². The number of carboxylic acid groups (broad SMARTS) is 1. The topological polar surface area (TPSA) is 92.7 Å². The molecule has 3 rings (SSSR count). The van der Waals surface area contributed by atoms with Gasteiger partial charge in [0, 0.05) is 11.3 Å². The molecule has 2 N–H and O–H groups in total. The van der Waals surface area contributed by atoms with Gasteiger partial charge in [-0.1, -0.05) is 24.3 Å². The molecular weight excluding hydrogens is 286 g/mol. The number of aliphatic carboxylic acids is 1. The quantitative estimate of drug-likeness (QED) is 0.649. The zero-order valence-corrected chi connectivity index (χ0v) is 11.9. The number of rotatable bonds is 4. The van der Waals surface area contributed by atoms with Crippen LogP contribution in [0.25, 0.3) is 0 Å². The van der Waals surface area contributed by atoms with Crippen LogP contribution in [0.4, 0.5) is 5.69 Å². The molecule has 0 spiro atoms. The van der Waals surface area contributed by atoms with Gasteiger partial charge in [-0.15, -0.1) is 0 Å². The summed E-state index contributed by atoms with van der Waals surface area (Å²) in [5, 5.41) is 12.0. The first kappa shape index (κ1) is 14.5. The minimum atomic E-state index is -1.05. The number of benzene rings is 1. The first-order valence-electron chi connectivity index (χ1n) is 6.96. The van der Waals surface area contributed by atoms with Gasteiger partial charge in [-0.3, -0.25) is 14.4 Å². The smallest absolute Gasteiger partial charge is 0.310 e. The lowest BCUT2D eigenvalue weighted by atomic mass is 9.82. The van der Waals surface area contributed by atoms with Crippen molar-refractivity contribution in [3.8, 4) is 0 Å². The first-order valence-corrected chi connectivity index (χ1v) is 6.96. The van der Waals surface area contributed by atoms with Gasteiger partial charge in [0.05, 0.1) is 18.1 Å². The van der Waals surface area contributed by atoms with Crippen molar-refractivity contribution in [3.05, 3.63) is 42.0 Å². The number of hydrogen-bond donors (Lipinski definition) is 2. The van der Waals surface area contributed by atoms with E-state index < -0.39 is 35.9 Å². The van der Waals surface area contributed by atoms with Crippen LogP contribution in [-0.4, -0.2) is 35.0 Å². The van der Waals surface area contributed by atoms with Crippen molar-refractivity contribution in [2.45, 2.75) is 19.1 Å². The first-order chi connectivity index (χ1) is 10.5. The van der Waals surface area contributed by atoms with Gasteiger partial charge in [-0.25, -0.2) is 0 Å². The van der Waals surface area contributed by atoms with Crippen LogP contribution in [0.1, 0.15) is 17.3 Å². The Morgan fingerprint density at radius 1 is 1.14 bits per heavy atom. The van der Waals surface area contributed by atoms with E-state index in [2.05, 4.69) is 5.32 Å². The van der Waals surface area contributed by atoms with E-state index in [1.807, 2.05) is 0 Å². The predicted octanol–water partition coefficient (Wildman–Crippen LogP) is 1.48. The standard InChI is InChI=1S/C16H15NO5/c1-8(18)9-3-2-4-10(7-9)17-15(19)13-11-5-6-12(22-11)14(13)16(20)21/h2-7,11-14H,1H3,(H,17,19)(H,20,21)/t11-,12-,13+,14-/m1/s1. The molecule has 2 aliphatic heterocycles. The molecule has 2 bridgehead atoms. The fraction of sp³-hybridized carbons (Fsp3) is 0.312. The van der Waals surface area contributed by atoms with Crippen LogP contribution in [0.2, 0.25) is 0 Å². The lowest BCUT2D eigenvalue weighted by Crippen LogP contribution is -2.39. The van der Waals surface area contributed by atoms with Crippen LogP contribution in [-0.2, 0) is 14.3 Å². The number of ether oxygens (including phenoxy) is 1. The number of nitrogens with one attached hydrogen (secondary N) is 1. The van der Waals surface area contributed by atoms with Crippen LogP contribution in [0.15, 0.2) is 36.4 Å². The molecular formula is C16H15NO5. The molecule has 114 valence electrons. The van der Waals surface area contributed by atoms with Crippen molar-refractivity contribution < 1.29 is 24.2 Å². The Hall–Kier alpha value is -2.47. The zero-order valence-electron chi connectivity index (χ0n) is 11.9. The third kappa shape index (κ3) is 2.42. The number of Topliss-reactive ketones (excluding diaryl/α,β-unsaturated/α-hetero) is 1. The summed E-state index contributed by atoms with van der Waals surface area (Å²) in [5.74, 6) is -3.22. The third-order valence-electron chi connectivity index (χ3n) is 4.02. The Balaban J connectivity index is 1.80. The average molecular weight is 301 g/mol. The maximum absolute atomic E-state index is 12.4. The van der Waals surface area contributed by atoms with Crippen molar-refractivity contribution in [2.75, 3.05) is 5.32 Å². The molecule has 1 aromatic rings. The van der Waals surface area contributed by atoms with Crippen LogP contribution in [0.3, 0.4) is 0 Å². The molecule has 0 saturated carbocycles. The Bertz CT molecular complexity index is 681. The van der Waals surface area contributed by atoms with E-state index in [1.165, 1.54) is 6.92 Å². The Kier molecular flexibility index (Phi) is 3.54. The van der Waals surface area contributed by atoms with Gasteiger partial charge in [-0.05, 0) is 19.1 Å². The maximum atomic E-state index is 12.4. The molecule has 6 heteroatoms. The van der Waals surface area contributed by atoms with Gasteiger partial charge < -0.3 is 15.2 Å². The van der Waals surface area contributed by atoms with Gasteiger partial charge in [0.25, 0.3) is 0 Å². The van der Waals surface area contributed by atoms with Gasteiger partial charge in [0.2, 0.25) is 5.91 Å². The summed E-state index contributed by atoms with van der Waals surface area (Å²) in [6.07, 6.45) is 2.34. The van der Waals surface area contributed by atoms with Crippen LogP contribution < -0.4 is 5.32 Å². The summed E-state index contributed by atoms with van der Waals surface area (Å²) in [5.41, 5.74) is 0.949. The summed E-state index contributed by atoms with van der Waals surface area (Å²) >= 11 is 0. The number of amides is 1. The minimum Gasteiger partial charge on any atom is -0.481 e. The minimum absolute atomic E-state index is 0.106. The molecule has 0 aliphatic carbocycles. The molecule has 1 saturated heterocycles. The second kappa shape index (κ2) is 5.38. The molecule has 22 heavy (non-hydrogen) atoms. The number of carbonyl (C=O) groups excluding carboxylic acids is 2. The molecule has 1 fully saturated rings. The van der Waals surface area contributed by atoms with Gasteiger partial charge >= 0.3 is 5.97 Å². The molecule has 0 unspecified atom stereocenters. The highest BCUT2D eigenvalue weighted by atomic mass is 16.5. The summed E-state index contributed by atoms with van der Waals surface area (Å²) in [6, 6.07) is 6.55. The summed E-state index contributed by atoms with van der Waals surface area (Å²) < 4.78 is 5.47. The summed E-state index contributed by atoms with van der Waals surface area (Å²) in [7, 11) is 0. The molecule has 2 aliphatic rings. The van der Waals surface area contributed by atoms with E-state index in [0.717, 1.165) is 0 Å². The zero-order chi connectivity index (χ0) is 15.9. The summed E-state index contributed by atoms with van der Waals surface area (Å²) in [6.45, 7) is 1.44. The molecule has 1 amide bonds. The van der Waals surface area contributed by atoms with Gasteiger partial charge in [0.15, 0.2) is 5.78 Å². The Morgan fingerprint density at radius 2 is 1.82 bits per heavy atom. The van der Waals surface area contributed by atoms with Crippen LogP contribution >= 0.6 is 0 Å². The normalized spacial score (nSPS) is 28.6. The second-order valence-electron chi connectivity index (χ2n) is 5.47. The Morgan fingerprint density at radius 3 is 2.45 bits per heavy atom. The van der Waals surface area contributed by atoms with Crippen molar-refractivity contribution in [3.63, 3.8) is 0 Å². The van der Waals surface area contributed by atoms with E-state index in [9.17, 15) is 19.5 Å². The number of carboxylic acids is 1. The van der Waals surface area contributed by atoms with Crippen molar-refractivity contribution in [1.29, 1.82) is 0 Å². The van der Waals surface area contributed by atoms with E-state index in [0.29, 0.717) is 11.3 Å². The maximum Gasteiger partial charge on any atom is 0.310 e. The fourth-order valence-electron chi connectivity index (χ4n) is 2.96. The molecule has 1 aromatic carbocycles. The van der Waals surface area contributed by atoms with Crippen molar-refractivity contribution >= 4 is 23.3 Å². The van der Waals surface area contributed by atoms with Crippen LogP contribution in [0.5, 0.6) is 0 Å². The highest BCUT2D eigenvalue weighted by molar-refractivity contribution is 5.99. The monoisotopic (exact) mass is 301 g/mol. The highest BCUT2D eigenvalue weighted by Gasteiger charge is 2.53. The van der Waals surface area contributed by atoms with E-state index in [-0.39, 0.29) is 5.78 Å². The lowest BCUT2D eigenvalue weighted by molar-refractivity contribution is -0.145. The average Bonchev–Trinajstić information content (AvgIpc) is 3.07. The highest BCUT2D eigenvalue weighted by Crippen LogP contribution is 2.39. The van der Waals surface area contributed by atoms with Crippen molar-refractivity contribution in [1.82, 2.24) is 0 Å². The fourth-order valence-corrected chi connectivity index (χ4v) is 2.96. The largest absolute Gasteiger partial charge is 0.481 e. The molecule has 0 radical (unpaired) electrons. The number of anilines is 1. The number of hydrogen-bond acceptors (Lipinski definition) is 4.